The molecule has 3 heteroatoms. The van der Waals surface area contributed by atoms with Gasteiger partial charge in [0.1, 0.15) is 0 Å². The molecule has 0 unspecified atom stereocenters. The van der Waals surface area contributed by atoms with Gasteiger partial charge >= 0.3 is 0 Å². The van der Waals surface area contributed by atoms with E-state index in [1.807, 2.05) is 6.20 Å². The number of unbranched alkanes of at least 4 members (excludes halogenated alkanes) is 2. The molecule has 0 radical (unpaired) electrons. The number of aromatic nitrogens is 1. The van der Waals surface area contributed by atoms with E-state index in [4.69, 9.17) is 5.26 Å². The molecule has 0 bridgehead atoms. The van der Waals surface area contributed by atoms with Crippen LogP contribution < -0.4 is 0 Å². The van der Waals surface area contributed by atoms with Gasteiger partial charge in [-0.15, -0.1) is 0 Å². The van der Waals surface area contributed by atoms with Gasteiger partial charge in [0.2, 0.25) is 0 Å². The highest BCUT2D eigenvalue weighted by atomic mass is 15.2. The summed E-state index contributed by atoms with van der Waals surface area (Å²) < 4.78 is 0. The first kappa shape index (κ1) is 11.2. The van der Waals surface area contributed by atoms with Crippen molar-refractivity contribution in [3.63, 3.8) is 0 Å². The first-order valence-electron chi connectivity index (χ1n) is 6.16. The lowest BCUT2D eigenvalue weighted by molar-refractivity contribution is 0.249. The Bertz CT molecular complexity index is 337. The fourth-order valence-corrected chi connectivity index (χ4v) is 2.52. The lowest BCUT2D eigenvalue weighted by atomic mass is 10.1. The van der Waals surface area contributed by atoms with Crippen LogP contribution in [0.5, 0.6) is 0 Å². The van der Waals surface area contributed by atoms with Crippen molar-refractivity contribution in [1.82, 2.24) is 9.88 Å². The molecule has 1 saturated heterocycles. The summed E-state index contributed by atoms with van der Waals surface area (Å²) in [7, 11) is 0. The maximum atomic E-state index is 8.49. The Morgan fingerprint density at radius 3 is 3.19 bits per heavy atom. The minimum atomic E-state index is 0.581. The zero-order valence-electron chi connectivity index (χ0n) is 9.65. The highest BCUT2D eigenvalue weighted by Gasteiger charge is 2.25. The van der Waals surface area contributed by atoms with Crippen molar-refractivity contribution in [2.75, 3.05) is 13.1 Å². The second-order valence-corrected chi connectivity index (χ2v) is 4.43. The van der Waals surface area contributed by atoms with Gasteiger partial charge in [0.15, 0.2) is 0 Å². The van der Waals surface area contributed by atoms with E-state index >= 15 is 0 Å². The molecule has 1 aliphatic heterocycles. The molecule has 0 aliphatic carbocycles. The van der Waals surface area contributed by atoms with Crippen molar-refractivity contribution in [3.05, 3.63) is 24.0 Å². The number of H-pyrrole nitrogens is 1. The van der Waals surface area contributed by atoms with Crippen molar-refractivity contribution < 1.29 is 0 Å². The number of aromatic amines is 1. The van der Waals surface area contributed by atoms with Crippen LogP contribution >= 0.6 is 0 Å². The maximum absolute atomic E-state index is 8.49. The highest BCUT2D eigenvalue weighted by molar-refractivity contribution is 5.10. The van der Waals surface area contributed by atoms with Crippen molar-refractivity contribution in [1.29, 1.82) is 5.26 Å². The van der Waals surface area contributed by atoms with Crippen LogP contribution in [0.2, 0.25) is 0 Å². The maximum Gasteiger partial charge on any atom is 0.0621 e. The number of nitrogens with zero attached hydrogens (tertiary/aromatic N) is 2. The van der Waals surface area contributed by atoms with E-state index in [1.54, 1.807) is 0 Å². The summed E-state index contributed by atoms with van der Waals surface area (Å²) in [6.07, 6.45) is 7.43. The van der Waals surface area contributed by atoms with Gasteiger partial charge in [-0.3, -0.25) is 4.90 Å². The number of hydrogen-bond donors (Lipinski definition) is 1. The lowest BCUT2D eigenvalue weighted by Crippen LogP contribution is -2.24. The molecule has 0 amide bonds. The Balaban J connectivity index is 1.82. The SMILES string of the molecule is N#CCCCCN1CCC[C@H]1c1ccc[nH]1. The van der Waals surface area contributed by atoms with Gasteiger partial charge in [0, 0.05) is 24.4 Å². The standard InChI is InChI=1S/C13H19N3/c14-8-2-1-3-10-16-11-5-7-13(16)12-6-4-9-15-12/h4,6,9,13,15H,1-3,5,7,10-11H2/t13-/m0/s1. The van der Waals surface area contributed by atoms with E-state index in [1.165, 1.54) is 25.1 Å². The number of nitrogens with one attached hydrogen (secondary N) is 1. The van der Waals surface area contributed by atoms with Crippen LogP contribution in [0.15, 0.2) is 18.3 Å². The average molecular weight is 217 g/mol. The monoisotopic (exact) mass is 217 g/mol. The summed E-state index contributed by atoms with van der Waals surface area (Å²) in [4.78, 5) is 5.86. The van der Waals surface area contributed by atoms with Crippen LogP contribution in [0.25, 0.3) is 0 Å². The Labute approximate surface area is 97.1 Å². The molecule has 0 saturated carbocycles. The van der Waals surface area contributed by atoms with E-state index in [0.717, 1.165) is 19.4 Å². The van der Waals surface area contributed by atoms with E-state index in [-0.39, 0.29) is 0 Å². The third-order valence-corrected chi connectivity index (χ3v) is 3.33. The van der Waals surface area contributed by atoms with E-state index in [0.29, 0.717) is 12.5 Å². The van der Waals surface area contributed by atoms with Crippen molar-refractivity contribution in [2.24, 2.45) is 0 Å². The second kappa shape index (κ2) is 5.72. The molecule has 2 heterocycles. The Morgan fingerprint density at radius 2 is 2.44 bits per heavy atom. The minimum Gasteiger partial charge on any atom is -0.364 e. The molecule has 1 aliphatic rings. The van der Waals surface area contributed by atoms with Gasteiger partial charge in [-0.05, 0) is 50.9 Å². The second-order valence-electron chi connectivity index (χ2n) is 4.43. The van der Waals surface area contributed by atoms with Gasteiger partial charge in [-0.2, -0.15) is 5.26 Å². The van der Waals surface area contributed by atoms with E-state index in [9.17, 15) is 0 Å². The first-order valence-corrected chi connectivity index (χ1v) is 6.16. The zero-order chi connectivity index (χ0) is 11.2. The van der Waals surface area contributed by atoms with Crippen molar-refractivity contribution in [3.8, 4) is 6.07 Å². The largest absolute Gasteiger partial charge is 0.364 e. The van der Waals surface area contributed by atoms with Crippen molar-refractivity contribution in [2.45, 2.75) is 38.1 Å². The number of hydrogen-bond acceptors (Lipinski definition) is 2. The molecule has 1 atom stereocenters. The Hall–Kier alpha value is -1.27. The lowest BCUT2D eigenvalue weighted by Gasteiger charge is -2.23. The molecule has 1 aromatic rings. The molecule has 0 aromatic carbocycles. The topological polar surface area (TPSA) is 42.8 Å². The molecule has 86 valence electrons. The smallest absolute Gasteiger partial charge is 0.0621 e. The van der Waals surface area contributed by atoms with E-state index < -0.39 is 0 Å². The quantitative estimate of drug-likeness (QED) is 0.771. The molecule has 3 nitrogen and oxygen atoms in total. The fraction of sp³-hybridized carbons (Fsp3) is 0.615. The van der Waals surface area contributed by atoms with Crippen LogP contribution in [0, 0.1) is 11.3 Å². The first-order chi connectivity index (χ1) is 7.92. The van der Waals surface area contributed by atoms with Crippen molar-refractivity contribution >= 4 is 0 Å². The molecule has 0 spiro atoms. The van der Waals surface area contributed by atoms with E-state index in [2.05, 4.69) is 28.1 Å². The third-order valence-electron chi connectivity index (χ3n) is 3.33. The predicted octanol–water partition coefficient (Wildman–Crippen LogP) is 2.85. The number of nitriles is 1. The molecular formula is C13H19N3. The number of rotatable bonds is 5. The summed E-state index contributed by atoms with van der Waals surface area (Å²) in [5.41, 5.74) is 1.35. The highest BCUT2D eigenvalue weighted by Crippen LogP contribution is 2.30. The van der Waals surface area contributed by atoms with Crippen LogP contribution in [-0.4, -0.2) is 23.0 Å². The van der Waals surface area contributed by atoms with Crippen LogP contribution in [0.4, 0.5) is 0 Å². The molecule has 1 N–H and O–H groups in total. The Morgan fingerprint density at radius 1 is 1.50 bits per heavy atom. The van der Waals surface area contributed by atoms with Crippen LogP contribution in [0.3, 0.4) is 0 Å². The Kier molecular flexibility index (Phi) is 4.01. The van der Waals surface area contributed by atoms with Crippen LogP contribution in [-0.2, 0) is 0 Å². The molecule has 1 fully saturated rings. The van der Waals surface area contributed by atoms with Gasteiger partial charge in [0.25, 0.3) is 0 Å². The summed E-state index contributed by atoms with van der Waals surface area (Å²) >= 11 is 0. The molecule has 2 rings (SSSR count). The summed E-state index contributed by atoms with van der Waals surface area (Å²) in [6, 6.07) is 7.04. The van der Waals surface area contributed by atoms with Gasteiger partial charge in [-0.25, -0.2) is 0 Å². The summed E-state index contributed by atoms with van der Waals surface area (Å²) in [5, 5.41) is 8.49. The summed E-state index contributed by atoms with van der Waals surface area (Å²) in [5.74, 6) is 0. The van der Waals surface area contributed by atoms with Gasteiger partial charge in [-0.1, -0.05) is 0 Å². The fourth-order valence-electron chi connectivity index (χ4n) is 2.52. The normalized spacial score (nSPS) is 21.1. The zero-order valence-corrected chi connectivity index (χ0v) is 9.65. The average Bonchev–Trinajstić information content (AvgIpc) is 2.94. The van der Waals surface area contributed by atoms with Gasteiger partial charge in [0.05, 0.1) is 6.07 Å². The molecule has 1 aromatic heterocycles. The minimum absolute atomic E-state index is 0.581. The predicted molar refractivity (Wildman–Crippen MR) is 63.8 cm³/mol. The molecular weight excluding hydrogens is 198 g/mol. The summed E-state index contributed by atoms with van der Waals surface area (Å²) in [6.45, 7) is 2.33. The van der Waals surface area contributed by atoms with Gasteiger partial charge < -0.3 is 4.98 Å². The molecule has 16 heavy (non-hydrogen) atoms. The van der Waals surface area contributed by atoms with Crippen LogP contribution in [0.1, 0.15) is 43.8 Å². The third kappa shape index (κ3) is 2.65. The number of likely N-dealkylation sites (tertiary alicyclic amines) is 1.